The first-order valence-electron chi connectivity index (χ1n) is 11.5. The zero-order valence-electron chi connectivity index (χ0n) is 19.1. The third-order valence-electron chi connectivity index (χ3n) is 6.62. The highest BCUT2D eigenvalue weighted by molar-refractivity contribution is 6.08. The van der Waals surface area contributed by atoms with E-state index < -0.39 is 0 Å². The highest BCUT2D eigenvalue weighted by Crippen LogP contribution is 2.37. The normalized spacial score (nSPS) is 11.7. The van der Waals surface area contributed by atoms with Crippen molar-refractivity contribution in [1.29, 1.82) is 0 Å². The van der Waals surface area contributed by atoms with Gasteiger partial charge in [0.2, 0.25) is 5.71 Å². The molecule has 0 amide bonds. The second-order valence-electron chi connectivity index (χ2n) is 8.59. The molecule has 3 nitrogen and oxygen atoms in total. The van der Waals surface area contributed by atoms with Crippen molar-refractivity contribution in [2.45, 2.75) is 46.5 Å². The summed E-state index contributed by atoms with van der Waals surface area (Å²) >= 11 is 0. The van der Waals surface area contributed by atoms with E-state index in [1.54, 1.807) is 0 Å². The molecule has 160 valence electrons. The van der Waals surface area contributed by atoms with Crippen molar-refractivity contribution in [3.05, 3.63) is 83.6 Å². The molecule has 5 rings (SSSR count). The lowest BCUT2D eigenvalue weighted by Gasteiger charge is -2.13. The average Bonchev–Trinajstić information content (AvgIpc) is 3.18. The van der Waals surface area contributed by atoms with Crippen LogP contribution in [0.4, 0.5) is 0 Å². The molecule has 3 aromatic heterocycles. The number of furan rings is 1. The molecule has 0 aliphatic heterocycles. The van der Waals surface area contributed by atoms with Crippen molar-refractivity contribution in [1.82, 2.24) is 9.97 Å². The van der Waals surface area contributed by atoms with Crippen molar-refractivity contribution < 1.29 is 4.42 Å². The second kappa shape index (κ2) is 8.23. The lowest BCUT2D eigenvalue weighted by molar-refractivity contribution is 0.641. The number of benzene rings is 2. The first-order chi connectivity index (χ1) is 15.6. The Labute approximate surface area is 189 Å². The van der Waals surface area contributed by atoms with Gasteiger partial charge in [-0.25, -0.2) is 4.98 Å². The number of pyridine rings is 2. The van der Waals surface area contributed by atoms with E-state index in [2.05, 4.69) is 93.3 Å². The van der Waals surface area contributed by atoms with E-state index in [9.17, 15) is 0 Å². The van der Waals surface area contributed by atoms with E-state index in [1.165, 1.54) is 22.3 Å². The molecule has 3 heterocycles. The summed E-state index contributed by atoms with van der Waals surface area (Å²) in [5.74, 6) is 0.549. The van der Waals surface area contributed by atoms with Crippen LogP contribution in [0.25, 0.3) is 44.6 Å². The summed E-state index contributed by atoms with van der Waals surface area (Å²) in [6.45, 7) is 8.74. The molecular formula is C29H28N2O. The van der Waals surface area contributed by atoms with Gasteiger partial charge in [0.15, 0.2) is 0 Å². The summed E-state index contributed by atoms with van der Waals surface area (Å²) in [4.78, 5) is 9.61. The van der Waals surface area contributed by atoms with Crippen LogP contribution in [0.15, 0.2) is 71.3 Å². The van der Waals surface area contributed by atoms with Gasteiger partial charge >= 0.3 is 0 Å². The molecule has 0 spiro atoms. The van der Waals surface area contributed by atoms with Gasteiger partial charge in [0.25, 0.3) is 0 Å². The number of rotatable bonds is 5. The minimum absolute atomic E-state index is 0.549. The number of para-hydroxylation sites is 1. The maximum absolute atomic E-state index is 6.38. The largest absolute Gasteiger partial charge is 0.437 e. The van der Waals surface area contributed by atoms with Crippen LogP contribution < -0.4 is 0 Å². The van der Waals surface area contributed by atoms with Crippen LogP contribution >= 0.6 is 0 Å². The Morgan fingerprint density at radius 1 is 0.812 bits per heavy atom. The van der Waals surface area contributed by atoms with Gasteiger partial charge in [0.05, 0.1) is 11.4 Å². The molecule has 0 aliphatic carbocycles. The van der Waals surface area contributed by atoms with Gasteiger partial charge < -0.3 is 4.42 Å². The van der Waals surface area contributed by atoms with Crippen LogP contribution in [0.1, 0.15) is 49.3 Å². The number of hydrogen-bond donors (Lipinski definition) is 0. The van der Waals surface area contributed by atoms with Crippen molar-refractivity contribution >= 4 is 22.1 Å². The van der Waals surface area contributed by atoms with Gasteiger partial charge in [0, 0.05) is 28.1 Å². The molecule has 3 heteroatoms. The lowest BCUT2D eigenvalue weighted by atomic mass is 9.93. The van der Waals surface area contributed by atoms with Crippen LogP contribution in [0.2, 0.25) is 0 Å². The van der Waals surface area contributed by atoms with E-state index in [1.807, 2.05) is 6.20 Å². The SMILES string of the molecule is CCC(CC)c1ccnc(-c2cccc3c2oc2nc(-c4c(C)cccc4C)ccc23)c1. The van der Waals surface area contributed by atoms with E-state index in [4.69, 9.17) is 9.40 Å². The first-order valence-corrected chi connectivity index (χ1v) is 11.5. The monoisotopic (exact) mass is 420 g/mol. The fraction of sp³-hybridized carbons (Fsp3) is 0.241. The summed E-state index contributed by atoms with van der Waals surface area (Å²) < 4.78 is 6.38. The molecule has 32 heavy (non-hydrogen) atoms. The van der Waals surface area contributed by atoms with Gasteiger partial charge in [-0.05, 0) is 79.6 Å². The van der Waals surface area contributed by atoms with Gasteiger partial charge in [0.1, 0.15) is 5.58 Å². The molecule has 0 atom stereocenters. The van der Waals surface area contributed by atoms with Gasteiger partial charge in [-0.2, -0.15) is 0 Å². The topological polar surface area (TPSA) is 38.9 Å². The first kappa shape index (κ1) is 20.4. The van der Waals surface area contributed by atoms with Gasteiger partial charge in [-0.1, -0.05) is 44.2 Å². The highest BCUT2D eigenvalue weighted by Gasteiger charge is 2.17. The molecule has 0 saturated heterocycles. The zero-order valence-corrected chi connectivity index (χ0v) is 19.1. The summed E-state index contributed by atoms with van der Waals surface area (Å²) in [7, 11) is 0. The molecule has 0 fully saturated rings. The fourth-order valence-electron chi connectivity index (χ4n) is 4.85. The number of aryl methyl sites for hydroxylation is 2. The van der Waals surface area contributed by atoms with Crippen molar-refractivity contribution in [3.8, 4) is 22.5 Å². The molecule has 0 bridgehead atoms. The molecule has 0 saturated carbocycles. The van der Waals surface area contributed by atoms with E-state index in [0.29, 0.717) is 11.6 Å². The Bertz CT molecular complexity index is 1410. The van der Waals surface area contributed by atoms with E-state index in [0.717, 1.165) is 46.1 Å². The molecule has 5 aromatic rings. The zero-order chi connectivity index (χ0) is 22.2. The Morgan fingerprint density at radius 3 is 2.31 bits per heavy atom. The predicted molar refractivity (Wildman–Crippen MR) is 133 cm³/mol. The number of aromatic nitrogens is 2. The third kappa shape index (κ3) is 3.38. The van der Waals surface area contributed by atoms with Gasteiger partial charge in [-0.15, -0.1) is 0 Å². The Hall–Kier alpha value is -3.46. The number of fused-ring (bicyclic) bond motifs is 3. The number of hydrogen-bond acceptors (Lipinski definition) is 3. The van der Waals surface area contributed by atoms with Crippen LogP contribution in [0, 0.1) is 13.8 Å². The molecule has 0 unspecified atom stereocenters. The minimum atomic E-state index is 0.549. The average molecular weight is 421 g/mol. The van der Waals surface area contributed by atoms with Crippen molar-refractivity contribution in [2.24, 2.45) is 0 Å². The van der Waals surface area contributed by atoms with Crippen LogP contribution in [-0.2, 0) is 0 Å². The molecule has 0 N–H and O–H groups in total. The maximum atomic E-state index is 6.38. The van der Waals surface area contributed by atoms with Crippen molar-refractivity contribution in [2.75, 3.05) is 0 Å². The molecule has 0 radical (unpaired) electrons. The van der Waals surface area contributed by atoms with E-state index >= 15 is 0 Å². The summed E-state index contributed by atoms with van der Waals surface area (Å²) in [6, 6.07) is 21.2. The summed E-state index contributed by atoms with van der Waals surface area (Å²) in [5.41, 5.74) is 9.38. The van der Waals surface area contributed by atoms with Crippen molar-refractivity contribution in [3.63, 3.8) is 0 Å². The maximum Gasteiger partial charge on any atom is 0.227 e. The standard InChI is InChI=1S/C29H28N2O/c1-5-20(6-2)21-15-16-30-26(17-21)24-12-8-11-22-23-13-14-25(31-29(23)32-28(22)24)27-18(3)9-7-10-19(27)4/h7-17,20H,5-6H2,1-4H3. The predicted octanol–water partition coefficient (Wildman–Crippen LogP) is 8.23. The van der Waals surface area contributed by atoms with E-state index in [-0.39, 0.29) is 0 Å². The number of nitrogens with zero attached hydrogens (tertiary/aromatic N) is 2. The van der Waals surface area contributed by atoms with Crippen LogP contribution in [-0.4, -0.2) is 9.97 Å². The smallest absolute Gasteiger partial charge is 0.227 e. The van der Waals surface area contributed by atoms with Gasteiger partial charge in [-0.3, -0.25) is 4.98 Å². The quantitative estimate of drug-likeness (QED) is 0.287. The third-order valence-corrected chi connectivity index (χ3v) is 6.62. The summed E-state index contributed by atoms with van der Waals surface area (Å²) in [5, 5.41) is 2.11. The fourth-order valence-corrected chi connectivity index (χ4v) is 4.85. The van der Waals surface area contributed by atoms with Crippen LogP contribution in [0.5, 0.6) is 0 Å². The highest BCUT2D eigenvalue weighted by atomic mass is 16.3. The minimum Gasteiger partial charge on any atom is -0.437 e. The van der Waals surface area contributed by atoms with Crippen LogP contribution in [0.3, 0.4) is 0 Å². The molecular weight excluding hydrogens is 392 g/mol. The Kier molecular flexibility index (Phi) is 5.26. The lowest BCUT2D eigenvalue weighted by Crippen LogP contribution is -1.96. The molecule has 2 aromatic carbocycles. The summed E-state index contributed by atoms with van der Waals surface area (Å²) in [6.07, 6.45) is 4.17. The Morgan fingerprint density at radius 2 is 1.56 bits per heavy atom. The second-order valence-corrected chi connectivity index (χ2v) is 8.59. The molecule has 0 aliphatic rings. The Balaban J connectivity index is 1.68.